The van der Waals surface area contributed by atoms with E-state index in [-0.39, 0.29) is 41.4 Å². The molecule has 1 aromatic rings. The summed E-state index contributed by atoms with van der Waals surface area (Å²) in [5, 5.41) is 3.55. The van der Waals surface area contributed by atoms with Crippen molar-refractivity contribution in [2.75, 3.05) is 43.2 Å². The van der Waals surface area contributed by atoms with Crippen LogP contribution in [-0.4, -0.2) is 75.2 Å². The third-order valence-corrected chi connectivity index (χ3v) is 8.52. The molecule has 1 N–H and O–H groups in total. The van der Waals surface area contributed by atoms with Crippen LogP contribution in [0.3, 0.4) is 0 Å². The Hall–Kier alpha value is -1.78. The topological polar surface area (TPSA) is 97.3 Å². The molecule has 0 aromatic heterocycles. The molecule has 0 bridgehead atoms. The highest BCUT2D eigenvalue weighted by Crippen LogP contribution is 2.37. The van der Waals surface area contributed by atoms with Crippen LogP contribution in [0.4, 0.5) is 5.69 Å². The van der Waals surface area contributed by atoms with Crippen molar-refractivity contribution in [2.45, 2.75) is 30.2 Å². The fourth-order valence-corrected chi connectivity index (χ4v) is 7.52. The van der Waals surface area contributed by atoms with E-state index in [9.17, 15) is 13.2 Å². The van der Waals surface area contributed by atoms with Crippen molar-refractivity contribution in [3.63, 3.8) is 0 Å². The number of benzene rings is 1. The summed E-state index contributed by atoms with van der Waals surface area (Å²) >= 11 is 1.44. The summed E-state index contributed by atoms with van der Waals surface area (Å²) in [7, 11) is -1.42. The van der Waals surface area contributed by atoms with Gasteiger partial charge in [-0.3, -0.25) is 9.79 Å². The van der Waals surface area contributed by atoms with Gasteiger partial charge in [-0.1, -0.05) is 11.8 Å². The minimum atomic E-state index is -3.03. The van der Waals surface area contributed by atoms with Gasteiger partial charge in [-0.25, -0.2) is 8.42 Å². The molecule has 0 radical (unpaired) electrons. The van der Waals surface area contributed by atoms with E-state index in [0.29, 0.717) is 11.7 Å². The first kappa shape index (κ1) is 20.5. The number of nitrogens with zero attached hydrogens (tertiary/aromatic N) is 2. The maximum absolute atomic E-state index is 12.6. The Labute approximate surface area is 175 Å². The predicted molar refractivity (Wildman–Crippen MR) is 114 cm³/mol. The summed E-state index contributed by atoms with van der Waals surface area (Å²) in [6.45, 7) is 1.35. The normalized spacial score (nSPS) is 27.3. The first-order chi connectivity index (χ1) is 13.9. The second-order valence-electron chi connectivity index (χ2n) is 7.44. The first-order valence-electron chi connectivity index (χ1n) is 9.68. The van der Waals surface area contributed by atoms with Gasteiger partial charge in [-0.15, -0.1) is 0 Å². The van der Waals surface area contributed by atoms with Crippen LogP contribution in [-0.2, 0) is 19.4 Å². The van der Waals surface area contributed by atoms with Gasteiger partial charge in [-0.2, -0.15) is 0 Å². The molecule has 3 atom stereocenters. The zero-order valence-corrected chi connectivity index (χ0v) is 17.9. The van der Waals surface area contributed by atoms with Gasteiger partial charge in [0.25, 0.3) is 0 Å². The molecule has 0 unspecified atom stereocenters. The lowest BCUT2D eigenvalue weighted by molar-refractivity contribution is -0.120. The number of thioether (sulfide) groups is 1. The van der Waals surface area contributed by atoms with Crippen molar-refractivity contribution < 1.29 is 22.7 Å². The minimum Gasteiger partial charge on any atom is -0.497 e. The molecule has 3 aliphatic rings. The standard InChI is InChI=1S/C19H25N3O5S2/c1-26-14-6-4-13(5-7-14)22(10-18(23)20-9-15-3-2-8-27-15)19-21-16-11-29(24,25)12-17(16)28-19/h4-7,15-17H,2-3,8-12H2,1H3,(H,20,23)/t15-,16+,17+/m0/s1. The van der Waals surface area contributed by atoms with Crippen LogP contribution in [0.2, 0.25) is 0 Å². The summed E-state index contributed by atoms with van der Waals surface area (Å²) in [5.74, 6) is 0.817. The van der Waals surface area contributed by atoms with Crippen molar-refractivity contribution in [3.05, 3.63) is 24.3 Å². The van der Waals surface area contributed by atoms with E-state index in [2.05, 4.69) is 10.3 Å². The molecule has 1 amide bonds. The molecule has 0 spiro atoms. The molecule has 4 rings (SSSR count). The number of aliphatic imine (C=N–C) groups is 1. The Morgan fingerprint density at radius 3 is 2.79 bits per heavy atom. The number of sulfone groups is 1. The lowest BCUT2D eigenvalue weighted by atomic mass is 10.2. The zero-order chi connectivity index (χ0) is 20.4. The number of rotatable bonds is 6. The highest BCUT2D eigenvalue weighted by atomic mass is 32.2. The summed E-state index contributed by atoms with van der Waals surface area (Å²) in [6, 6.07) is 7.17. The molecule has 2 saturated heterocycles. The number of carbonyl (C=O) groups excluding carboxylic acids is 1. The van der Waals surface area contributed by atoms with Gasteiger partial charge < -0.3 is 19.7 Å². The van der Waals surface area contributed by atoms with Gasteiger partial charge in [0.05, 0.1) is 30.8 Å². The van der Waals surface area contributed by atoms with Gasteiger partial charge in [0.2, 0.25) is 5.91 Å². The summed E-state index contributed by atoms with van der Waals surface area (Å²) in [6.07, 6.45) is 2.07. The van der Waals surface area contributed by atoms with Crippen LogP contribution >= 0.6 is 11.8 Å². The molecule has 2 fully saturated rings. The molecule has 8 nitrogen and oxygen atoms in total. The number of methoxy groups -OCH3 is 1. The monoisotopic (exact) mass is 439 g/mol. The van der Waals surface area contributed by atoms with Crippen molar-refractivity contribution in [1.82, 2.24) is 5.32 Å². The third kappa shape index (κ3) is 4.87. The average molecular weight is 440 g/mol. The number of hydrogen-bond donors (Lipinski definition) is 1. The van der Waals surface area contributed by atoms with Crippen LogP contribution in [0.15, 0.2) is 29.3 Å². The fraction of sp³-hybridized carbons (Fsp3) is 0.579. The zero-order valence-electron chi connectivity index (χ0n) is 16.2. The number of ether oxygens (including phenoxy) is 2. The largest absolute Gasteiger partial charge is 0.497 e. The fourth-order valence-electron chi connectivity index (χ4n) is 3.73. The van der Waals surface area contributed by atoms with E-state index in [4.69, 9.17) is 9.47 Å². The van der Waals surface area contributed by atoms with Crippen molar-refractivity contribution in [2.24, 2.45) is 4.99 Å². The summed E-state index contributed by atoms with van der Waals surface area (Å²) in [5.41, 5.74) is 0.812. The summed E-state index contributed by atoms with van der Waals surface area (Å²) < 4.78 is 34.5. The Balaban J connectivity index is 1.49. The van der Waals surface area contributed by atoms with E-state index >= 15 is 0 Å². The van der Waals surface area contributed by atoms with Gasteiger partial charge in [0.1, 0.15) is 12.3 Å². The average Bonchev–Trinajstić information content (AvgIpc) is 3.39. The number of amides is 1. The van der Waals surface area contributed by atoms with Crippen LogP contribution in [0.1, 0.15) is 12.8 Å². The first-order valence-corrected chi connectivity index (χ1v) is 12.4. The number of fused-ring (bicyclic) bond motifs is 1. The Bertz CT molecular complexity index is 882. The molecule has 3 heterocycles. The van der Waals surface area contributed by atoms with Crippen LogP contribution in [0.25, 0.3) is 0 Å². The predicted octanol–water partition coefficient (Wildman–Crippen LogP) is 1.07. The number of carbonyl (C=O) groups is 1. The third-order valence-electron chi connectivity index (χ3n) is 5.27. The Morgan fingerprint density at radius 1 is 1.34 bits per heavy atom. The van der Waals surface area contributed by atoms with Crippen molar-refractivity contribution in [3.8, 4) is 5.75 Å². The number of nitrogens with one attached hydrogen (secondary N) is 1. The Morgan fingerprint density at radius 2 is 2.14 bits per heavy atom. The van der Waals surface area contributed by atoms with Gasteiger partial charge >= 0.3 is 0 Å². The highest BCUT2D eigenvalue weighted by molar-refractivity contribution is 8.15. The van der Waals surface area contributed by atoms with Crippen molar-refractivity contribution in [1.29, 1.82) is 0 Å². The van der Waals surface area contributed by atoms with Gasteiger partial charge in [-0.05, 0) is 37.1 Å². The molecule has 29 heavy (non-hydrogen) atoms. The minimum absolute atomic E-state index is 0.0781. The van der Waals surface area contributed by atoms with E-state index < -0.39 is 9.84 Å². The van der Waals surface area contributed by atoms with Crippen LogP contribution in [0, 0.1) is 0 Å². The lowest BCUT2D eigenvalue weighted by Crippen LogP contribution is -2.42. The molecule has 10 heteroatoms. The SMILES string of the molecule is COc1ccc(N(CC(=O)NC[C@@H]2CCCO2)C2=N[C@@H]3CS(=O)(=O)C[C@H]3S2)cc1. The van der Waals surface area contributed by atoms with Crippen molar-refractivity contribution >= 4 is 38.4 Å². The second kappa shape index (κ2) is 8.53. The van der Waals surface area contributed by atoms with Gasteiger partial charge in [0, 0.05) is 24.1 Å². The molecule has 3 aliphatic heterocycles. The van der Waals surface area contributed by atoms with E-state index in [0.717, 1.165) is 30.9 Å². The molecule has 158 valence electrons. The smallest absolute Gasteiger partial charge is 0.240 e. The van der Waals surface area contributed by atoms with E-state index in [1.54, 1.807) is 7.11 Å². The maximum atomic E-state index is 12.6. The van der Waals surface area contributed by atoms with E-state index in [1.807, 2.05) is 29.2 Å². The van der Waals surface area contributed by atoms with Crippen LogP contribution in [0.5, 0.6) is 5.75 Å². The quantitative estimate of drug-likeness (QED) is 0.708. The summed E-state index contributed by atoms with van der Waals surface area (Å²) in [4.78, 5) is 19.1. The molecule has 0 saturated carbocycles. The molecular weight excluding hydrogens is 414 g/mol. The Kier molecular flexibility index (Phi) is 6.03. The number of amidine groups is 1. The van der Waals surface area contributed by atoms with Crippen LogP contribution < -0.4 is 15.0 Å². The second-order valence-corrected chi connectivity index (χ2v) is 10.8. The maximum Gasteiger partial charge on any atom is 0.240 e. The molecular formula is C19H25N3O5S2. The molecule has 1 aromatic carbocycles. The highest BCUT2D eigenvalue weighted by Gasteiger charge is 2.44. The van der Waals surface area contributed by atoms with E-state index in [1.165, 1.54) is 11.8 Å². The lowest BCUT2D eigenvalue weighted by Gasteiger charge is -2.24. The number of hydrogen-bond acceptors (Lipinski definition) is 8. The number of anilines is 1. The molecule has 0 aliphatic carbocycles. The van der Waals surface area contributed by atoms with Gasteiger partial charge in [0.15, 0.2) is 15.0 Å².